The molecule has 3 rings (SSSR count). The number of rotatable bonds is 7. The van der Waals surface area contributed by atoms with Gasteiger partial charge in [-0.25, -0.2) is 12.7 Å². The number of nitrogens with zero attached hydrogens (tertiary/aromatic N) is 2. The van der Waals surface area contributed by atoms with E-state index in [1.165, 1.54) is 21.0 Å². The fourth-order valence-corrected chi connectivity index (χ4v) is 5.96. The normalized spacial score (nSPS) is 18.0. The van der Waals surface area contributed by atoms with Crippen molar-refractivity contribution < 1.29 is 8.42 Å². The van der Waals surface area contributed by atoms with E-state index in [2.05, 4.69) is 34.5 Å². The van der Waals surface area contributed by atoms with E-state index in [1.807, 2.05) is 25.1 Å². The van der Waals surface area contributed by atoms with Crippen LogP contribution in [-0.4, -0.2) is 35.9 Å². The highest BCUT2D eigenvalue weighted by molar-refractivity contribution is 8.04. The van der Waals surface area contributed by atoms with E-state index in [0.29, 0.717) is 0 Å². The van der Waals surface area contributed by atoms with Gasteiger partial charge >= 0.3 is 0 Å². The lowest BCUT2D eigenvalue weighted by Crippen LogP contribution is -2.44. The average Bonchev–Trinajstić information content (AvgIpc) is 3.21. The van der Waals surface area contributed by atoms with Crippen molar-refractivity contribution in [2.75, 3.05) is 12.8 Å². The lowest BCUT2D eigenvalue weighted by molar-refractivity contribution is 0.190. The van der Waals surface area contributed by atoms with Crippen molar-refractivity contribution in [1.82, 2.24) is 9.21 Å². The smallest absolute Gasteiger partial charge is 0.233 e. The van der Waals surface area contributed by atoms with Crippen LogP contribution in [-0.2, 0) is 23.0 Å². The Morgan fingerprint density at radius 3 is 2.56 bits per heavy atom. The second-order valence-electron chi connectivity index (χ2n) is 6.06. The number of hydrogen-bond acceptors (Lipinski definition) is 5. The van der Waals surface area contributed by atoms with Gasteiger partial charge in [0.15, 0.2) is 0 Å². The maximum absolute atomic E-state index is 12.2. The molecule has 2 aromatic rings. The summed E-state index contributed by atoms with van der Waals surface area (Å²) >= 11 is 3.34. The molecule has 2 heterocycles. The quantitative estimate of drug-likeness (QED) is 0.713. The Labute approximate surface area is 158 Å². The minimum absolute atomic E-state index is 0.227. The molecular formula is C18H22N2O2S3. The van der Waals surface area contributed by atoms with Crippen LogP contribution in [0.25, 0.3) is 0 Å². The Hall–Kier alpha value is -1.28. The van der Waals surface area contributed by atoms with Gasteiger partial charge in [-0.15, -0.1) is 11.3 Å². The first-order chi connectivity index (χ1) is 11.9. The van der Waals surface area contributed by atoms with E-state index < -0.39 is 10.0 Å². The third-order valence-corrected chi connectivity index (χ3v) is 7.32. The molecule has 1 aliphatic rings. The summed E-state index contributed by atoms with van der Waals surface area (Å²) in [5.74, 6) is 0. The summed E-state index contributed by atoms with van der Waals surface area (Å²) < 4.78 is 25.9. The Morgan fingerprint density at radius 1 is 1.16 bits per heavy atom. The van der Waals surface area contributed by atoms with Gasteiger partial charge in [-0.2, -0.15) is 0 Å². The van der Waals surface area contributed by atoms with Crippen molar-refractivity contribution in [3.63, 3.8) is 0 Å². The SMILES string of the molecule is CC1=CN(S(C)(=O)=O)C(N(CCc2cccs2)Cc2ccccc2)S1. The topological polar surface area (TPSA) is 40.6 Å². The lowest BCUT2D eigenvalue weighted by Gasteiger charge is -2.33. The maximum Gasteiger partial charge on any atom is 0.233 e. The zero-order valence-electron chi connectivity index (χ0n) is 14.3. The number of sulfonamides is 1. The Morgan fingerprint density at radius 2 is 1.92 bits per heavy atom. The first-order valence-corrected chi connectivity index (χ1v) is 11.7. The van der Waals surface area contributed by atoms with Gasteiger partial charge in [0.25, 0.3) is 0 Å². The number of thioether (sulfide) groups is 1. The summed E-state index contributed by atoms with van der Waals surface area (Å²) in [6.07, 6.45) is 3.93. The van der Waals surface area contributed by atoms with Crippen molar-refractivity contribution in [2.45, 2.75) is 25.4 Å². The molecule has 0 spiro atoms. The van der Waals surface area contributed by atoms with Crippen LogP contribution in [0.4, 0.5) is 0 Å². The number of benzene rings is 1. The molecule has 0 bridgehead atoms. The van der Waals surface area contributed by atoms with Crippen molar-refractivity contribution in [2.24, 2.45) is 0 Å². The van der Waals surface area contributed by atoms with Crippen LogP contribution in [0.1, 0.15) is 17.4 Å². The predicted molar refractivity (Wildman–Crippen MR) is 107 cm³/mol. The van der Waals surface area contributed by atoms with Crippen molar-refractivity contribution in [3.8, 4) is 0 Å². The molecule has 134 valence electrons. The van der Waals surface area contributed by atoms with Crippen LogP contribution < -0.4 is 0 Å². The zero-order chi connectivity index (χ0) is 17.9. The molecule has 0 N–H and O–H groups in total. The first-order valence-electron chi connectivity index (χ1n) is 8.07. The Bertz CT molecular complexity index is 817. The van der Waals surface area contributed by atoms with E-state index in [-0.39, 0.29) is 5.50 Å². The lowest BCUT2D eigenvalue weighted by atomic mass is 10.2. The van der Waals surface area contributed by atoms with E-state index in [1.54, 1.807) is 29.3 Å². The fourth-order valence-electron chi connectivity index (χ4n) is 2.78. The van der Waals surface area contributed by atoms with Crippen LogP contribution in [0.5, 0.6) is 0 Å². The molecule has 0 saturated heterocycles. The van der Waals surface area contributed by atoms with Crippen molar-refractivity contribution >= 4 is 33.1 Å². The summed E-state index contributed by atoms with van der Waals surface area (Å²) in [5.41, 5.74) is 0.961. The van der Waals surface area contributed by atoms with E-state index in [9.17, 15) is 8.42 Å². The minimum Gasteiger partial charge on any atom is -0.269 e. The summed E-state index contributed by atoms with van der Waals surface area (Å²) in [4.78, 5) is 4.58. The van der Waals surface area contributed by atoms with E-state index in [0.717, 1.165) is 24.4 Å². The third-order valence-electron chi connectivity index (χ3n) is 3.97. The van der Waals surface area contributed by atoms with Crippen LogP contribution in [0, 0.1) is 0 Å². The molecule has 25 heavy (non-hydrogen) atoms. The molecule has 0 saturated carbocycles. The molecule has 0 amide bonds. The summed E-state index contributed by atoms with van der Waals surface area (Å²) in [6.45, 7) is 3.49. The van der Waals surface area contributed by atoms with Crippen LogP contribution >= 0.6 is 23.1 Å². The molecule has 1 aromatic carbocycles. The molecule has 1 atom stereocenters. The van der Waals surface area contributed by atoms with Gasteiger partial charge in [-0.3, -0.25) is 4.90 Å². The molecule has 1 aliphatic heterocycles. The molecule has 0 aliphatic carbocycles. The minimum atomic E-state index is -3.30. The number of thiophene rings is 1. The summed E-state index contributed by atoms with van der Waals surface area (Å²) in [5, 5.41) is 2.08. The van der Waals surface area contributed by atoms with Crippen molar-refractivity contribution in [3.05, 3.63) is 69.4 Å². The van der Waals surface area contributed by atoms with Gasteiger partial charge in [0, 0.05) is 29.1 Å². The first kappa shape index (κ1) is 18.5. The molecule has 0 fully saturated rings. The van der Waals surface area contributed by atoms with Gasteiger partial charge in [0.2, 0.25) is 10.0 Å². The molecule has 1 unspecified atom stereocenters. The Kier molecular flexibility index (Phi) is 5.89. The predicted octanol–water partition coefficient (Wildman–Crippen LogP) is 3.95. The van der Waals surface area contributed by atoms with Crippen LogP contribution in [0.2, 0.25) is 0 Å². The van der Waals surface area contributed by atoms with Crippen LogP contribution in [0.3, 0.4) is 0 Å². The summed E-state index contributed by atoms with van der Waals surface area (Å²) in [7, 11) is -3.30. The highest BCUT2D eigenvalue weighted by Gasteiger charge is 2.34. The largest absolute Gasteiger partial charge is 0.269 e. The van der Waals surface area contributed by atoms with Crippen LogP contribution in [0.15, 0.2) is 58.9 Å². The standard InChI is InChI=1S/C18H22N2O2S3/c1-15-13-20(25(2,21)22)18(24-15)19(11-10-17-9-6-12-23-17)14-16-7-4-3-5-8-16/h3-9,12-13,18H,10-11,14H2,1-2H3. The van der Waals surface area contributed by atoms with Gasteiger partial charge in [-0.1, -0.05) is 48.2 Å². The fraction of sp³-hybridized carbons (Fsp3) is 0.333. The molecule has 4 nitrogen and oxygen atoms in total. The number of hydrogen-bond donors (Lipinski definition) is 0. The summed E-state index contributed by atoms with van der Waals surface area (Å²) in [6, 6.07) is 14.4. The Balaban J connectivity index is 1.82. The monoisotopic (exact) mass is 394 g/mol. The molecule has 0 radical (unpaired) electrons. The van der Waals surface area contributed by atoms with Gasteiger partial charge in [0.1, 0.15) is 5.50 Å². The highest BCUT2D eigenvalue weighted by Crippen LogP contribution is 2.37. The maximum atomic E-state index is 12.2. The van der Waals surface area contributed by atoms with Crippen molar-refractivity contribution in [1.29, 1.82) is 0 Å². The van der Waals surface area contributed by atoms with Gasteiger partial charge in [-0.05, 0) is 30.4 Å². The number of allylic oxidation sites excluding steroid dienone is 1. The molecule has 7 heteroatoms. The van der Waals surface area contributed by atoms with E-state index in [4.69, 9.17) is 0 Å². The molecule has 1 aromatic heterocycles. The van der Waals surface area contributed by atoms with E-state index >= 15 is 0 Å². The third kappa shape index (κ3) is 4.88. The second-order valence-corrected chi connectivity index (χ2v) is 10.3. The average molecular weight is 395 g/mol. The zero-order valence-corrected chi connectivity index (χ0v) is 16.8. The highest BCUT2D eigenvalue weighted by atomic mass is 32.2. The molecular weight excluding hydrogens is 372 g/mol. The van der Waals surface area contributed by atoms with Gasteiger partial charge < -0.3 is 0 Å². The second kappa shape index (κ2) is 7.95. The van der Waals surface area contributed by atoms with Gasteiger partial charge in [0.05, 0.1) is 6.26 Å².